The molecule has 0 spiro atoms. The van der Waals surface area contributed by atoms with Crippen LogP contribution in [0.4, 0.5) is 5.69 Å². The number of aliphatic hydroxyl groups is 1. The van der Waals surface area contributed by atoms with E-state index in [0.717, 1.165) is 12.1 Å². The molecule has 7 nitrogen and oxygen atoms in total. The van der Waals surface area contributed by atoms with E-state index in [2.05, 4.69) is 5.32 Å². The highest BCUT2D eigenvalue weighted by atomic mass is 16.3. The summed E-state index contributed by atoms with van der Waals surface area (Å²) in [5.41, 5.74) is 1.54. The van der Waals surface area contributed by atoms with E-state index in [1.165, 1.54) is 6.26 Å². The number of furan rings is 1. The van der Waals surface area contributed by atoms with Crippen molar-refractivity contribution in [3.8, 4) is 28.6 Å². The summed E-state index contributed by atoms with van der Waals surface area (Å²) >= 11 is 0. The van der Waals surface area contributed by atoms with Gasteiger partial charge >= 0.3 is 0 Å². The van der Waals surface area contributed by atoms with E-state index >= 15 is 0 Å². The van der Waals surface area contributed by atoms with Crippen molar-refractivity contribution in [3.63, 3.8) is 0 Å². The van der Waals surface area contributed by atoms with Gasteiger partial charge in [0.05, 0.1) is 6.26 Å². The molecule has 1 aromatic heterocycles. The third-order valence-electron chi connectivity index (χ3n) is 4.05. The molecule has 0 fully saturated rings. The molecule has 0 saturated heterocycles. The highest BCUT2D eigenvalue weighted by molar-refractivity contribution is 6.13. The lowest BCUT2D eigenvalue weighted by Gasteiger charge is -2.13. The van der Waals surface area contributed by atoms with Crippen molar-refractivity contribution in [2.24, 2.45) is 0 Å². The molecule has 1 heterocycles. The van der Waals surface area contributed by atoms with Gasteiger partial charge in [-0.1, -0.05) is 0 Å². The molecule has 0 bridgehead atoms. The number of benzene rings is 2. The molecule has 140 valence electrons. The predicted molar refractivity (Wildman–Crippen MR) is 99.2 cm³/mol. The van der Waals surface area contributed by atoms with Gasteiger partial charge in [0.1, 0.15) is 5.76 Å². The number of anilines is 1. The summed E-state index contributed by atoms with van der Waals surface area (Å²) in [5.74, 6) is -1.73. The molecule has 0 saturated carbocycles. The normalized spacial score (nSPS) is 10.7. The third kappa shape index (κ3) is 3.88. The van der Waals surface area contributed by atoms with Gasteiger partial charge in [0.2, 0.25) is 0 Å². The zero-order valence-electron chi connectivity index (χ0n) is 14.3. The van der Waals surface area contributed by atoms with Crippen molar-refractivity contribution < 1.29 is 29.6 Å². The summed E-state index contributed by atoms with van der Waals surface area (Å²) in [5, 5.41) is 40.9. The van der Waals surface area contributed by atoms with Gasteiger partial charge in [0, 0.05) is 35.5 Å². The van der Waals surface area contributed by atoms with Crippen LogP contribution in [-0.2, 0) is 0 Å². The van der Waals surface area contributed by atoms with Gasteiger partial charge in [-0.05, 0) is 48.9 Å². The molecule has 27 heavy (non-hydrogen) atoms. The second-order valence-electron chi connectivity index (χ2n) is 5.93. The van der Waals surface area contributed by atoms with Gasteiger partial charge < -0.3 is 30.2 Å². The number of ketones is 1. The van der Waals surface area contributed by atoms with Gasteiger partial charge in [-0.25, -0.2) is 0 Å². The first-order valence-electron chi connectivity index (χ1n) is 8.33. The van der Waals surface area contributed by atoms with Crippen molar-refractivity contribution in [2.75, 3.05) is 18.5 Å². The number of hydrogen-bond acceptors (Lipinski definition) is 7. The zero-order valence-corrected chi connectivity index (χ0v) is 14.3. The minimum atomic E-state index is -0.683. The number of hydrogen-bond donors (Lipinski definition) is 5. The van der Waals surface area contributed by atoms with Gasteiger partial charge in [0.15, 0.2) is 23.0 Å². The number of aliphatic hydroxyl groups excluding tert-OH is 1. The third-order valence-corrected chi connectivity index (χ3v) is 4.05. The Hall–Kier alpha value is -3.45. The Morgan fingerprint density at radius 1 is 1.04 bits per heavy atom. The van der Waals surface area contributed by atoms with Crippen LogP contribution in [0.3, 0.4) is 0 Å². The van der Waals surface area contributed by atoms with Crippen molar-refractivity contribution >= 4 is 11.5 Å². The molecule has 0 amide bonds. The van der Waals surface area contributed by atoms with Crippen molar-refractivity contribution in [2.45, 2.75) is 6.42 Å². The first-order valence-corrected chi connectivity index (χ1v) is 8.33. The smallest absolute Gasteiger partial charge is 0.200 e. The van der Waals surface area contributed by atoms with Gasteiger partial charge in [-0.3, -0.25) is 4.79 Å². The molecule has 3 rings (SSSR count). The minimum Gasteiger partial charge on any atom is -0.504 e. The number of carbonyl (C=O) groups excluding carboxylic acids is 1. The zero-order chi connectivity index (χ0) is 19.4. The van der Waals surface area contributed by atoms with E-state index < -0.39 is 23.0 Å². The highest BCUT2D eigenvalue weighted by Gasteiger charge is 2.19. The van der Waals surface area contributed by atoms with Crippen LogP contribution in [0, 0.1) is 0 Å². The quantitative estimate of drug-likeness (QED) is 0.246. The van der Waals surface area contributed by atoms with Crippen LogP contribution in [0.15, 0.2) is 53.1 Å². The molecule has 0 radical (unpaired) electrons. The molecule has 0 aliphatic heterocycles. The van der Waals surface area contributed by atoms with Crippen LogP contribution in [-0.4, -0.2) is 39.4 Å². The van der Waals surface area contributed by atoms with Crippen molar-refractivity contribution in [1.82, 2.24) is 0 Å². The lowest BCUT2D eigenvalue weighted by Crippen LogP contribution is -2.10. The maximum Gasteiger partial charge on any atom is 0.200 e. The van der Waals surface area contributed by atoms with Gasteiger partial charge in [0.25, 0.3) is 0 Å². The Kier molecular flexibility index (Phi) is 5.33. The summed E-state index contributed by atoms with van der Waals surface area (Å²) in [6, 6.07) is 10.8. The molecule has 0 unspecified atom stereocenters. The van der Waals surface area contributed by atoms with Gasteiger partial charge in [-0.2, -0.15) is 0 Å². The molecule has 0 aliphatic carbocycles. The van der Waals surface area contributed by atoms with Crippen LogP contribution in [0.5, 0.6) is 17.2 Å². The first-order chi connectivity index (χ1) is 13.0. The summed E-state index contributed by atoms with van der Waals surface area (Å²) in [7, 11) is 0. The lowest BCUT2D eigenvalue weighted by atomic mass is 9.98. The van der Waals surface area contributed by atoms with E-state index in [9.17, 15) is 20.1 Å². The van der Waals surface area contributed by atoms with Crippen LogP contribution in [0.2, 0.25) is 0 Å². The fraction of sp³-hybridized carbons (Fsp3) is 0.150. The summed E-state index contributed by atoms with van der Waals surface area (Å²) in [6.07, 6.45) is 2.04. The van der Waals surface area contributed by atoms with E-state index in [-0.39, 0.29) is 12.2 Å². The largest absolute Gasteiger partial charge is 0.504 e. The molecule has 3 aromatic rings. The molecule has 7 heteroatoms. The second-order valence-corrected chi connectivity index (χ2v) is 5.93. The van der Waals surface area contributed by atoms with Gasteiger partial charge in [-0.15, -0.1) is 0 Å². The second kappa shape index (κ2) is 7.84. The SMILES string of the molecule is O=C(c1cc(O)c(O)c(O)c1)c1cc(-c2ccco2)ccc1NCCCO. The monoisotopic (exact) mass is 369 g/mol. The molecular weight excluding hydrogens is 350 g/mol. The van der Waals surface area contributed by atoms with Crippen LogP contribution in [0.25, 0.3) is 11.3 Å². The average Bonchev–Trinajstić information content (AvgIpc) is 3.20. The average molecular weight is 369 g/mol. The van der Waals surface area contributed by atoms with E-state index in [4.69, 9.17) is 9.52 Å². The summed E-state index contributed by atoms with van der Waals surface area (Å²) < 4.78 is 5.37. The molecule has 0 atom stereocenters. The lowest BCUT2D eigenvalue weighted by molar-refractivity contribution is 0.103. The molecule has 0 aliphatic rings. The Balaban J connectivity index is 2.04. The fourth-order valence-electron chi connectivity index (χ4n) is 2.68. The number of nitrogens with one attached hydrogen (secondary N) is 1. The van der Waals surface area contributed by atoms with Crippen LogP contribution >= 0.6 is 0 Å². The Bertz CT molecular complexity index is 926. The van der Waals surface area contributed by atoms with E-state index in [1.807, 2.05) is 0 Å². The standard InChI is InChI=1S/C20H19NO6/c22-7-2-6-21-15-5-4-12(18-3-1-8-27-18)9-14(15)19(25)13-10-16(23)20(26)17(24)11-13/h1,3-5,8-11,21-24,26H,2,6-7H2. The summed E-state index contributed by atoms with van der Waals surface area (Å²) in [4.78, 5) is 13.0. The number of aromatic hydroxyl groups is 3. The topological polar surface area (TPSA) is 123 Å². The van der Waals surface area contributed by atoms with E-state index in [1.54, 1.807) is 30.3 Å². The molecule has 2 aromatic carbocycles. The van der Waals surface area contributed by atoms with Crippen LogP contribution < -0.4 is 5.32 Å². The maximum atomic E-state index is 13.0. The highest BCUT2D eigenvalue weighted by Crippen LogP contribution is 2.37. The Morgan fingerprint density at radius 3 is 2.41 bits per heavy atom. The fourth-order valence-corrected chi connectivity index (χ4v) is 2.68. The number of phenolic OH excluding ortho intramolecular Hbond substituents is 3. The van der Waals surface area contributed by atoms with Crippen molar-refractivity contribution in [3.05, 3.63) is 59.9 Å². The van der Waals surface area contributed by atoms with Crippen molar-refractivity contribution in [1.29, 1.82) is 0 Å². The minimum absolute atomic E-state index is 0.0144. The number of phenols is 3. The first kappa shape index (κ1) is 18.3. The number of rotatable bonds is 7. The van der Waals surface area contributed by atoms with Crippen LogP contribution in [0.1, 0.15) is 22.3 Å². The maximum absolute atomic E-state index is 13.0. The number of carbonyl (C=O) groups is 1. The Morgan fingerprint density at radius 2 is 1.78 bits per heavy atom. The summed E-state index contributed by atoms with van der Waals surface area (Å²) in [6.45, 7) is 0.476. The molecular formula is C20H19NO6. The predicted octanol–water partition coefficient (Wildman–Crippen LogP) is 3.09. The Labute approximate surface area is 155 Å². The molecule has 5 N–H and O–H groups in total. The van der Waals surface area contributed by atoms with E-state index in [0.29, 0.717) is 35.5 Å².